The topological polar surface area (TPSA) is 3.24 Å². The largest absolute Gasteiger partial charge is 0.298 e. The number of hydrogen-bond donors (Lipinski definition) is 0. The Labute approximate surface area is 230 Å². The molecule has 5 rings (SSSR count). The molecule has 0 spiro atoms. The van der Waals surface area contributed by atoms with Crippen LogP contribution in [0.15, 0.2) is 152 Å². The van der Waals surface area contributed by atoms with E-state index >= 15 is 0 Å². The molecule has 0 aliphatic carbocycles. The van der Waals surface area contributed by atoms with Crippen molar-refractivity contribution in [3.05, 3.63) is 157 Å². The summed E-state index contributed by atoms with van der Waals surface area (Å²) in [6.07, 6.45) is 2.32. The lowest BCUT2D eigenvalue weighted by Gasteiger charge is -2.28. The van der Waals surface area contributed by atoms with Crippen LogP contribution in [0, 0.1) is 0 Å². The Bertz CT molecular complexity index is 1160. The zero-order valence-electron chi connectivity index (χ0n) is 21.8. The predicted octanol–water partition coefficient (Wildman–Crippen LogP) is 6.75. The van der Waals surface area contributed by atoms with Crippen molar-refractivity contribution >= 4 is 37.1 Å². The van der Waals surface area contributed by atoms with Gasteiger partial charge in [-0.05, 0) is 54.9 Å². The van der Waals surface area contributed by atoms with E-state index in [4.69, 9.17) is 0 Å². The van der Waals surface area contributed by atoms with Crippen LogP contribution in [-0.2, 0) is 6.54 Å². The highest BCUT2D eigenvalue weighted by atomic mass is 31.1. The van der Waals surface area contributed by atoms with E-state index in [1.54, 1.807) is 0 Å². The highest BCUT2D eigenvalue weighted by Crippen LogP contribution is 2.35. The lowest BCUT2D eigenvalue weighted by molar-refractivity contribution is 0.300. The molecule has 5 aromatic carbocycles. The molecule has 0 fully saturated rings. The highest BCUT2D eigenvalue weighted by Gasteiger charge is 2.19. The monoisotopic (exact) mass is 531 g/mol. The van der Waals surface area contributed by atoms with E-state index in [1.807, 2.05) is 0 Å². The Morgan fingerprint density at radius 3 is 0.974 bits per heavy atom. The van der Waals surface area contributed by atoms with E-state index in [9.17, 15) is 0 Å². The molecular weight excluding hydrogens is 496 g/mol. The molecule has 5 aromatic rings. The van der Waals surface area contributed by atoms with Gasteiger partial charge in [0, 0.05) is 19.6 Å². The van der Waals surface area contributed by atoms with Crippen molar-refractivity contribution in [2.75, 3.05) is 25.4 Å². The average molecular weight is 532 g/mol. The first-order chi connectivity index (χ1) is 18.9. The van der Waals surface area contributed by atoms with Gasteiger partial charge in [0.25, 0.3) is 0 Å². The van der Waals surface area contributed by atoms with E-state index in [1.165, 1.54) is 26.8 Å². The van der Waals surface area contributed by atoms with Crippen LogP contribution >= 0.6 is 15.8 Å². The molecule has 0 N–H and O–H groups in total. The van der Waals surface area contributed by atoms with Gasteiger partial charge in [-0.1, -0.05) is 152 Å². The maximum Gasteiger partial charge on any atom is 0.0234 e. The van der Waals surface area contributed by atoms with Crippen LogP contribution in [0.4, 0.5) is 0 Å². The van der Waals surface area contributed by atoms with Gasteiger partial charge in [0.05, 0.1) is 0 Å². The van der Waals surface area contributed by atoms with Gasteiger partial charge >= 0.3 is 0 Å². The van der Waals surface area contributed by atoms with Crippen LogP contribution in [0.3, 0.4) is 0 Å². The van der Waals surface area contributed by atoms with Gasteiger partial charge in [-0.3, -0.25) is 4.90 Å². The Morgan fingerprint density at radius 2 is 0.658 bits per heavy atom. The molecule has 0 radical (unpaired) electrons. The van der Waals surface area contributed by atoms with E-state index in [0.29, 0.717) is 0 Å². The number of rotatable bonds is 12. The first-order valence-electron chi connectivity index (χ1n) is 13.4. The molecule has 0 aliphatic rings. The molecule has 3 heteroatoms. The molecule has 0 saturated carbocycles. The quantitative estimate of drug-likeness (QED) is 0.161. The molecule has 0 aromatic heterocycles. The summed E-state index contributed by atoms with van der Waals surface area (Å²) >= 11 is 0. The zero-order chi connectivity index (χ0) is 25.8. The van der Waals surface area contributed by atoms with Crippen molar-refractivity contribution in [3.63, 3.8) is 0 Å². The molecule has 38 heavy (non-hydrogen) atoms. The summed E-state index contributed by atoms with van der Waals surface area (Å²) in [7, 11) is -0.816. The van der Waals surface area contributed by atoms with E-state index in [2.05, 4.69) is 157 Å². The third-order valence-corrected chi connectivity index (χ3v) is 11.8. The van der Waals surface area contributed by atoms with Crippen LogP contribution in [0.1, 0.15) is 5.56 Å². The third-order valence-electron chi connectivity index (χ3n) is 6.80. The molecule has 0 unspecified atom stereocenters. The first kappa shape index (κ1) is 26.5. The number of benzene rings is 5. The second-order valence-electron chi connectivity index (χ2n) is 9.41. The molecule has 0 bridgehead atoms. The minimum absolute atomic E-state index is 0.408. The van der Waals surface area contributed by atoms with E-state index < -0.39 is 15.8 Å². The number of nitrogens with zero attached hydrogens (tertiary/aromatic N) is 1. The van der Waals surface area contributed by atoms with Gasteiger partial charge in [-0.2, -0.15) is 0 Å². The Kier molecular flexibility index (Phi) is 9.90. The Balaban J connectivity index is 1.37. The summed E-state index contributed by atoms with van der Waals surface area (Å²) in [4.78, 5) is 2.69. The van der Waals surface area contributed by atoms with Crippen molar-refractivity contribution in [3.8, 4) is 0 Å². The molecule has 0 atom stereocenters. The Morgan fingerprint density at radius 1 is 0.368 bits per heavy atom. The molecule has 190 valence electrons. The van der Waals surface area contributed by atoms with Crippen LogP contribution in [-0.4, -0.2) is 30.3 Å². The van der Waals surface area contributed by atoms with Crippen molar-refractivity contribution in [1.29, 1.82) is 0 Å². The molecule has 0 aliphatic heterocycles. The summed E-state index contributed by atoms with van der Waals surface area (Å²) in [6, 6.07) is 55.4. The summed E-state index contributed by atoms with van der Waals surface area (Å²) in [5.41, 5.74) is 1.39. The SMILES string of the molecule is c1ccc(CN(CCP(c2ccccc2)c2ccccc2)CCP(c2ccccc2)c2ccccc2)cc1. The average Bonchev–Trinajstić information content (AvgIpc) is 3.00. The van der Waals surface area contributed by atoms with Crippen LogP contribution in [0.5, 0.6) is 0 Å². The minimum Gasteiger partial charge on any atom is -0.298 e. The smallest absolute Gasteiger partial charge is 0.0234 e. The van der Waals surface area contributed by atoms with Gasteiger partial charge in [0.2, 0.25) is 0 Å². The molecule has 1 nitrogen and oxygen atoms in total. The fraction of sp³-hybridized carbons (Fsp3) is 0.143. The van der Waals surface area contributed by atoms with Gasteiger partial charge in [-0.25, -0.2) is 0 Å². The molecular formula is C35H35NP2. The molecule has 0 saturated heterocycles. The highest BCUT2D eigenvalue weighted by molar-refractivity contribution is 7.73. The zero-order valence-corrected chi connectivity index (χ0v) is 23.6. The van der Waals surface area contributed by atoms with Crippen molar-refractivity contribution in [2.45, 2.75) is 6.54 Å². The maximum atomic E-state index is 2.69. The van der Waals surface area contributed by atoms with E-state index in [-0.39, 0.29) is 0 Å². The summed E-state index contributed by atoms with van der Waals surface area (Å²) < 4.78 is 0. The van der Waals surface area contributed by atoms with Crippen molar-refractivity contribution in [2.24, 2.45) is 0 Å². The fourth-order valence-electron chi connectivity index (χ4n) is 4.84. The van der Waals surface area contributed by atoms with Gasteiger partial charge in [-0.15, -0.1) is 0 Å². The third kappa shape index (κ3) is 7.49. The van der Waals surface area contributed by atoms with Gasteiger partial charge in [0.1, 0.15) is 0 Å². The lowest BCUT2D eigenvalue weighted by Crippen LogP contribution is -2.32. The summed E-state index contributed by atoms with van der Waals surface area (Å²) in [6.45, 7) is 3.15. The number of hydrogen-bond acceptors (Lipinski definition) is 1. The van der Waals surface area contributed by atoms with Crippen LogP contribution in [0.25, 0.3) is 0 Å². The summed E-state index contributed by atoms with van der Waals surface area (Å²) in [5, 5.41) is 5.85. The van der Waals surface area contributed by atoms with Crippen molar-refractivity contribution in [1.82, 2.24) is 4.90 Å². The van der Waals surface area contributed by atoms with E-state index in [0.717, 1.165) is 32.0 Å². The van der Waals surface area contributed by atoms with Crippen LogP contribution < -0.4 is 21.2 Å². The molecule has 0 amide bonds. The van der Waals surface area contributed by atoms with Crippen molar-refractivity contribution < 1.29 is 0 Å². The van der Waals surface area contributed by atoms with Crippen LogP contribution in [0.2, 0.25) is 0 Å². The normalized spacial score (nSPS) is 11.3. The predicted molar refractivity (Wildman–Crippen MR) is 170 cm³/mol. The minimum atomic E-state index is -0.408. The second kappa shape index (κ2) is 14.2. The standard InChI is InChI=1S/C35H35NP2/c1-6-16-31(17-7-1)30-36(26-28-37(32-18-8-2-9-19-32)33-20-10-3-11-21-33)27-29-38(34-22-12-4-13-23-34)35-24-14-5-15-25-35/h1-25H,26-30H2. The molecule has 0 heterocycles. The summed E-state index contributed by atoms with van der Waals surface area (Å²) in [5.74, 6) is 0. The van der Waals surface area contributed by atoms with Gasteiger partial charge < -0.3 is 0 Å². The second-order valence-corrected chi connectivity index (χ2v) is 14.1. The maximum absolute atomic E-state index is 2.69. The Hall–Kier alpha value is -3.08. The first-order valence-corrected chi connectivity index (χ1v) is 16.4. The van der Waals surface area contributed by atoms with Gasteiger partial charge in [0.15, 0.2) is 0 Å². The fourth-order valence-corrected chi connectivity index (χ4v) is 9.56. The lowest BCUT2D eigenvalue weighted by atomic mass is 10.2.